The SMILES string of the molecule is Cc1cc(C)c(C(=O)CN2CCCCC2=O)c(C)c1. The van der Waals surface area contributed by atoms with E-state index in [1.54, 1.807) is 4.90 Å². The van der Waals surface area contributed by atoms with E-state index in [0.717, 1.165) is 29.5 Å². The van der Waals surface area contributed by atoms with Crippen LogP contribution in [0, 0.1) is 20.8 Å². The second kappa shape index (κ2) is 5.55. The Kier molecular flexibility index (Phi) is 4.03. The molecule has 1 fully saturated rings. The number of Topliss-reactive ketones (excluding diaryl/α,β-unsaturated/α-hetero) is 1. The van der Waals surface area contributed by atoms with Crippen LogP contribution in [-0.2, 0) is 4.79 Å². The Balaban J connectivity index is 2.18. The summed E-state index contributed by atoms with van der Waals surface area (Å²) in [5.74, 6) is 0.173. The number of hydrogen-bond donors (Lipinski definition) is 0. The smallest absolute Gasteiger partial charge is 0.222 e. The van der Waals surface area contributed by atoms with E-state index in [1.165, 1.54) is 5.56 Å². The molecular formula is C16H21NO2. The summed E-state index contributed by atoms with van der Waals surface area (Å²) < 4.78 is 0. The fourth-order valence-electron chi connectivity index (χ4n) is 2.90. The lowest BCUT2D eigenvalue weighted by Crippen LogP contribution is -2.39. The lowest BCUT2D eigenvalue weighted by molar-refractivity contribution is -0.132. The van der Waals surface area contributed by atoms with Gasteiger partial charge < -0.3 is 4.90 Å². The van der Waals surface area contributed by atoms with Crippen LogP contribution < -0.4 is 0 Å². The minimum atomic E-state index is 0.0604. The van der Waals surface area contributed by atoms with E-state index >= 15 is 0 Å². The summed E-state index contributed by atoms with van der Waals surface area (Å²) in [4.78, 5) is 25.9. The first-order chi connectivity index (χ1) is 8.99. The molecule has 0 bridgehead atoms. The van der Waals surface area contributed by atoms with E-state index in [-0.39, 0.29) is 18.2 Å². The van der Waals surface area contributed by atoms with Gasteiger partial charge in [-0.05, 0) is 44.7 Å². The van der Waals surface area contributed by atoms with Crippen molar-refractivity contribution in [3.8, 4) is 0 Å². The molecule has 0 atom stereocenters. The maximum absolute atomic E-state index is 12.4. The van der Waals surface area contributed by atoms with Gasteiger partial charge in [-0.2, -0.15) is 0 Å². The number of carbonyl (C=O) groups is 2. The maximum Gasteiger partial charge on any atom is 0.222 e. The van der Waals surface area contributed by atoms with Gasteiger partial charge in [0, 0.05) is 18.5 Å². The van der Waals surface area contributed by atoms with Gasteiger partial charge in [0.1, 0.15) is 0 Å². The predicted molar refractivity (Wildman–Crippen MR) is 75.4 cm³/mol. The van der Waals surface area contributed by atoms with Crippen molar-refractivity contribution in [2.24, 2.45) is 0 Å². The predicted octanol–water partition coefficient (Wildman–Crippen LogP) is 2.81. The van der Waals surface area contributed by atoms with Crippen LogP contribution in [0.4, 0.5) is 0 Å². The average Bonchev–Trinajstić information content (AvgIpc) is 2.30. The van der Waals surface area contributed by atoms with Gasteiger partial charge in [-0.3, -0.25) is 9.59 Å². The minimum absolute atomic E-state index is 0.0604. The molecule has 0 spiro atoms. The fourth-order valence-corrected chi connectivity index (χ4v) is 2.90. The summed E-state index contributed by atoms with van der Waals surface area (Å²) in [6.07, 6.45) is 2.54. The highest BCUT2D eigenvalue weighted by Crippen LogP contribution is 2.18. The zero-order valence-electron chi connectivity index (χ0n) is 12.0. The summed E-state index contributed by atoms with van der Waals surface area (Å²) in [6, 6.07) is 4.05. The van der Waals surface area contributed by atoms with E-state index in [9.17, 15) is 9.59 Å². The van der Waals surface area contributed by atoms with Gasteiger partial charge in [0.15, 0.2) is 5.78 Å². The van der Waals surface area contributed by atoms with Crippen molar-refractivity contribution >= 4 is 11.7 Å². The molecule has 2 rings (SSSR count). The van der Waals surface area contributed by atoms with Crippen LogP contribution in [0.5, 0.6) is 0 Å². The van der Waals surface area contributed by atoms with Crippen LogP contribution >= 0.6 is 0 Å². The number of carbonyl (C=O) groups excluding carboxylic acids is 2. The molecule has 0 unspecified atom stereocenters. The van der Waals surface area contributed by atoms with Gasteiger partial charge in [0.2, 0.25) is 5.91 Å². The first-order valence-corrected chi connectivity index (χ1v) is 6.88. The van der Waals surface area contributed by atoms with Gasteiger partial charge in [-0.1, -0.05) is 17.7 Å². The topological polar surface area (TPSA) is 37.4 Å². The molecule has 1 amide bonds. The molecule has 3 nitrogen and oxygen atoms in total. The Bertz CT molecular complexity index is 496. The first-order valence-electron chi connectivity index (χ1n) is 6.88. The summed E-state index contributed by atoms with van der Waals surface area (Å²) in [6.45, 7) is 6.90. The molecule has 0 aliphatic carbocycles. The Hall–Kier alpha value is -1.64. The second-order valence-corrected chi connectivity index (χ2v) is 5.47. The molecule has 0 radical (unpaired) electrons. The lowest BCUT2D eigenvalue weighted by atomic mass is 9.96. The van der Waals surface area contributed by atoms with Crippen LogP contribution in [0.2, 0.25) is 0 Å². The van der Waals surface area contributed by atoms with Crippen LogP contribution in [0.25, 0.3) is 0 Å². The summed E-state index contributed by atoms with van der Waals surface area (Å²) in [5.41, 5.74) is 3.96. The van der Waals surface area contributed by atoms with Crippen LogP contribution in [0.3, 0.4) is 0 Å². The second-order valence-electron chi connectivity index (χ2n) is 5.47. The standard InChI is InChI=1S/C16H21NO2/c1-11-8-12(2)16(13(3)9-11)14(18)10-17-7-5-4-6-15(17)19/h8-9H,4-7,10H2,1-3H3. The van der Waals surface area contributed by atoms with E-state index in [4.69, 9.17) is 0 Å². The molecule has 0 saturated carbocycles. The normalized spacial score (nSPS) is 15.7. The van der Waals surface area contributed by atoms with Crippen LogP contribution in [-0.4, -0.2) is 29.7 Å². The minimum Gasteiger partial charge on any atom is -0.335 e. The molecule has 19 heavy (non-hydrogen) atoms. The Morgan fingerprint density at radius 2 is 1.79 bits per heavy atom. The third-order valence-corrected chi connectivity index (χ3v) is 3.71. The number of rotatable bonds is 3. The number of benzene rings is 1. The molecule has 0 N–H and O–H groups in total. The monoisotopic (exact) mass is 259 g/mol. The van der Waals surface area contributed by atoms with E-state index in [1.807, 2.05) is 32.9 Å². The number of ketones is 1. The Labute approximate surface area is 114 Å². The van der Waals surface area contributed by atoms with Gasteiger partial charge in [-0.25, -0.2) is 0 Å². The molecule has 1 aliphatic heterocycles. The fraction of sp³-hybridized carbons (Fsp3) is 0.500. The van der Waals surface area contributed by atoms with E-state index in [0.29, 0.717) is 13.0 Å². The summed E-state index contributed by atoms with van der Waals surface area (Å²) in [5, 5.41) is 0. The molecule has 0 aromatic heterocycles. The zero-order chi connectivity index (χ0) is 14.0. The van der Waals surface area contributed by atoms with Crippen molar-refractivity contribution in [1.82, 2.24) is 4.90 Å². The number of aryl methyl sites for hydroxylation is 3. The zero-order valence-corrected chi connectivity index (χ0v) is 12.0. The summed E-state index contributed by atoms with van der Waals surface area (Å²) >= 11 is 0. The van der Waals surface area contributed by atoms with Gasteiger partial charge in [-0.15, -0.1) is 0 Å². The van der Waals surface area contributed by atoms with Gasteiger partial charge in [0.05, 0.1) is 6.54 Å². The summed E-state index contributed by atoms with van der Waals surface area (Å²) in [7, 11) is 0. The first kappa shape index (κ1) is 13.8. The largest absolute Gasteiger partial charge is 0.335 e. The molecular weight excluding hydrogens is 238 g/mol. The van der Waals surface area contributed by atoms with Gasteiger partial charge in [0.25, 0.3) is 0 Å². The maximum atomic E-state index is 12.4. The molecule has 1 aromatic carbocycles. The number of piperidine rings is 1. The molecule has 1 aromatic rings. The molecule has 1 aliphatic rings. The van der Waals surface area contributed by atoms with E-state index < -0.39 is 0 Å². The highest BCUT2D eigenvalue weighted by Gasteiger charge is 2.22. The third kappa shape index (κ3) is 3.03. The lowest BCUT2D eigenvalue weighted by Gasteiger charge is -2.26. The van der Waals surface area contributed by atoms with Crippen molar-refractivity contribution in [2.45, 2.75) is 40.0 Å². The molecule has 1 heterocycles. The third-order valence-electron chi connectivity index (χ3n) is 3.71. The molecule has 1 saturated heterocycles. The Morgan fingerprint density at radius 3 is 2.37 bits per heavy atom. The van der Waals surface area contributed by atoms with Crippen LogP contribution in [0.15, 0.2) is 12.1 Å². The van der Waals surface area contributed by atoms with Crippen molar-refractivity contribution in [2.75, 3.05) is 13.1 Å². The van der Waals surface area contributed by atoms with Crippen molar-refractivity contribution < 1.29 is 9.59 Å². The molecule has 102 valence electrons. The van der Waals surface area contributed by atoms with Gasteiger partial charge >= 0.3 is 0 Å². The Morgan fingerprint density at radius 1 is 1.16 bits per heavy atom. The highest BCUT2D eigenvalue weighted by atomic mass is 16.2. The quantitative estimate of drug-likeness (QED) is 0.783. The van der Waals surface area contributed by atoms with Crippen LogP contribution in [0.1, 0.15) is 46.3 Å². The number of amides is 1. The number of likely N-dealkylation sites (tertiary alicyclic amines) is 1. The highest BCUT2D eigenvalue weighted by molar-refractivity contribution is 6.01. The van der Waals surface area contributed by atoms with Crippen molar-refractivity contribution in [1.29, 1.82) is 0 Å². The number of nitrogens with zero attached hydrogens (tertiary/aromatic N) is 1. The number of hydrogen-bond acceptors (Lipinski definition) is 2. The van der Waals surface area contributed by atoms with Crippen molar-refractivity contribution in [3.63, 3.8) is 0 Å². The van der Waals surface area contributed by atoms with E-state index in [2.05, 4.69) is 0 Å². The van der Waals surface area contributed by atoms with Crippen molar-refractivity contribution in [3.05, 3.63) is 34.4 Å². The molecule has 3 heteroatoms. The average molecular weight is 259 g/mol.